The van der Waals surface area contributed by atoms with Crippen LogP contribution in [-0.4, -0.2) is 21.6 Å². The second kappa shape index (κ2) is 8.93. The van der Waals surface area contributed by atoms with E-state index in [4.69, 9.17) is 9.05 Å². The van der Waals surface area contributed by atoms with Crippen molar-refractivity contribution in [3.05, 3.63) is 65.7 Å². The molecule has 1 N–H and O–H groups in total. The van der Waals surface area contributed by atoms with Crippen LogP contribution in [0.15, 0.2) is 59.5 Å². The first kappa shape index (κ1) is 20.8. The Morgan fingerprint density at radius 2 is 1.62 bits per heavy atom. The zero-order chi connectivity index (χ0) is 19.2. The minimum Gasteiger partial charge on any atom is -0.308 e. The summed E-state index contributed by atoms with van der Waals surface area (Å²) < 4.78 is 52.4. The number of hydrogen-bond donors (Lipinski definition) is 1. The number of sulfonamides is 1. The zero-order valence-electron chi connectivity index (χ0n) is 15.1. The molecule has 26 heavy (non-hydrogen) atoms. The summed E-state index contributed by atoms with van der Waals surface area (Å²) in [5.74, 6) is -1.14. The van der Waals surface area contributed by atoms with Crippen LogP contribution in [-0.2, 0) is 23.6 Å². The van der Waals surface area contributed by atoms with Gasteiger partial charge in [0.25, 0.3) is 0 Å². The van der Waals surface area contributed by atoms with E-state index in [2.05, 4.69) is 4.72 Å². The van der Waals surface area contributed by atoms with Crippen molar-refractivity contribution < 1.29 is 22.0 Å². The van der Waals surface area contributed by atoms with Crippen LogP contribution in [0, 0.1) is 6.92 Å². The number of nitrogens with one attached hydrogen (secondary N) is 1. The first-order valence-corrected chi connectivity index (χ1v) is 11.4. The Hall–Kier alpha value is -1.50. The molecule has 0 aliphatic rings. The molecule has 8 heteroatoms. The average Bonchev–Trinajstić information content (AvgIpc) is 2.61. The van der Waals surface area contributed by atoms with Crippen LogP contribution in [0.2, 0.25) is 0 Å². The molecule has 0 amide bonds. The van der Waals surface area contributed by atoms with Crippen LogP contribution in [0.1, 0.15) is 30.8 Å². The molecule has 0 aromatic heterocycles. The summed E-state index contributed by atoms with van der Waals surface area (Å²) >= 11 is 0. The minimum atomic E-state index is -3.93. The van der Waals surface area contributed by atoms with Gasteiger partial charge in [-0.1, -0.05) is 42.5 Å². The van der Waals surface area contributed by atoms with Crippen LogP contribution in [0.5, 0.6) is 0 Å². The van der Waals surface area contributed by atoms with Gasteiger partial charge in [0.15, 0.2) is 0 Å². The van der Waals surface area contributed by atoms with Gasteiger partial charge in [-0.15, -0.1) is 0 Å². The Balaban J connectivity index is 2.49. The molecule has 0 fully saturated rings. The van der Waals surface area contributed by atoms with Gasteiger partial charge in [-0.3, -0.25) is 4.57 Å². The highest BCUT2D eigenvalue weighted by atomic mass is 32.2. The highest BCUT2D eigenvalue weighted by Gasteiger charge is 2.40. The highest BCUT2D eigenvalue weighted by molar-refractivity contribution is 7.89. The van der Waals surface area contributed by atoms with E-state index in [1.54, 1.807) is 69.3 Å². The fourth-order valence-corrected chi connectivity index (χ4v) is 6.22. The largest absolute Gasteiger partial charge is 0.352 e. The van der Waals surface area contributed by atoms with Gasteiger partial charge in [-0.2, -0.15) is 4.72 Å². The van der Waals surface area contributed by atoms with Crippen molar-refractivity contribution in [1.29, 1.82) is 0 Å². The molecule has 0 radical (unpaired) electrons. The predicted octanol–water partition coefficient (Wildman–Crippen LogP) is 4.24. The Morgan fingerprint density at radius 1 is 1.00 bits per heavy atom. The van der Waals surface area contributed by atoms with Gasteiger partial charge in [0, 0.05) is 0 Å². The summed E-state index contributed by atoms with van der Waals surface area (Å²) in [6, 6.07) is 15.2. The Labute approximate surface area is 155 Å². The number of aryl methyl sites for hydroxylation is 1. The van der Waals surface area contributed by atoms with Gasteiger partial charge >= 0.3 is 7.60 Å². The topological polar surface area (TPSA) is 81.7 Å². The van der Waals surface area contributed by atoms with E-state index in [0.717, 1.165) is 5.56 Å². The van der Waals surface area contributed by atoms with Crippen LogP contribution in [0.25, 0.3) is 0 Å². The molecule has 0 saturated carbocycles. The van der Waals surface area contributed by atoms with Gasteiger partial charge in [-0.25, -0.2) is 8.42 Å². The van der Waals surface area contributed by atoms with Crippen LogP contribution < -0.4 is 4.72 Å². The molecule has 0 bridgehead atoms. The molecule has 0 heterocycles. The van der Waals surface area contributed by atoms with Crippen molar-refractivity contribution in [2.24, 2.45) is 0 Å². The van der Waals surface area contributed by atoms with E-state index in [1.165, 1.54) is 6.07 Å². The minimum absolute atomic E-state index is 0.0954. The number of hydrogen-bond acceptors (Lipinski definition) is 5. The van der Waals surface area contributed by atoms with Crippen molar-refractivity contribution in [2.75, 3.05) is 13.2 Å². The smallest absolute Gasteiger partial charge is 0.308 e. The molecular weight excluding hydrogens is 373 g/mol. The monoisotopic (exact) mass is 397 g/mol. The normalized spacial score (nSPS) is 13.5. The third-order valence-corrected chi connectivity index (χ3v) is 7.51. The van der Waals surface area contributed by atoms with Crippen molar-refractivity contribution in [3.8, 4) is 0 Å². The maximum atomic E-state index is 13.3. The molecule has 0 spiro atoms. The zero-order valence-corrected chi connectivity index (χ0v) is 16.8. The molecule has 0 aliphatic heterocycles. The summed E-state index contributed by atoms with van der Waals surface area (Å²) in [6.07, 6.45) is 0. The summed E-state index contributed by atoms with van der Waals surface area (Å²) in [5, 5.41) is 0. The molecule has 2 aromatic rings. The number of benzene rings is 2. The molecular formula is C18H24NO5PS. The van der Waals surface area contributed by atoms with Gasteiger partial charge in [0.05, 0.1) is 18.1 Å². The SMILES string of the molecule is CCOP(=O)(OCC)C(NS(=O)(=O)c1cccc(C)c1)c1ccccc1. The van der Waals surface area contributed by atoms with E-state index >= 15 is 0 Å². The van der Waals surface area contributed by atoms with Crippen molar-refractivity contribution in [1.82, 2.24) is 4.72 Å². The molecule has 1 unspecified atom stereocenters. The Morgan fingerprint density at radius 3 is 2.15 bits per heavy atom. The average molecular weight is 397 g/mol. The lowest BCUT2D eigenvalue weighted by molar-refractivity contribution is 0.210. The first-order valence-electron chi connectivity index (χ1n) is 8.35. The summed E-state index contributed by atoms with van der Waals surface area (Å²) in [6.45, 7) is 5.43. The predicted molar refractivity (Wildman–Crippen MR) is 102 cm³/mol. The van der Waals surface area contributed by atoms with E-state index in [-0.39, 0.29) is 18.1 Å². The molecule has 1 atom stereocenters. The molecule has 0 saturated heterocycles. The Kier molecular flexibility index (Phi) is 7.15. The van der Waals surface area contributed by atoms with E-state index < -0.39 is 23.4 Å². The first-order chi connectivity index (χ1) is 12.3. The van der Waals surface area contributed by atoms with Crippen LogP contribution >= 0.6 is 7.60 Å². The lowest BCUT2D eigenvalue weighted by atomic mass is 10.2. The number of rotatable bonds is 9. The van der Waals surface area contributed by atoms with E-state index in [9.17, 15) is 13.0 Å². The summed E-state index contributed by atoms with van der Waals surface area (Å²) in [5.41, 5.74) is 1.32. The molecule has 0 aliphatic carbocycles. The second-order valence-electron chi connectivity index (χ2n) is 5.63. The van der Waals surface area contributed by atoms with E-state index in [0.29, 0.717) is 5.56 Å². The molecule has 2 aromatic carbocycles. The van der Waals surface area contributed by atoms with Crippen molar-refractivity contribution in [2.45, 2.75) is 31.4 Å². The summed E-state index contributed by atoms with van der Waals surface area (Å²) in [7, 11) is -7.70. The van der Waals surface area contributed by atoms with Crippen molar-refractivity contribution >= 4 is 17.6 Å². The lowest BCUT2D eigenvalue weighted by Gasteiger charge is -2.27. The van der Waals surface area contributed by atoms with Gasteiger partial charge in [0.2, 0.25) is 10.0 Å². The summed E-state index contributed by atoms with van der Waals surface area (Å²) in [4.78, 5) is 0.0954. The van der Waals surface area contributed by atoms with Crippen molar-refractivity contribution in [3.63, 3.8) is 0 Å². The fraction of sp³-hybridized carbons (Fsp3) is 0.333. The van der Waals surface area contributed by atoms with Crippen LogP contribution in [0.3, 0.4) is 0 Å². The maximum Gasteiger partial charge on any atom is 0.352 e. The van der Waals surface area contributed by atoms with Gasteiger partial charge in [0.1, 0.15) is 5.78 Å². The quantitative estimate of drug-likeness (QED) is 0.640. The molecule has 2 rings (SSSR count). The third-order valence-electron chi connectivity index (χ3n) is 3.62. The van der Waals surface area contributed by atoms with Crippen LogP contribution in [0.4, 0.5) is 0 Å². The molecule has 142 valence electrons. The highest BCUT2D eigenvalue weighted by Crippen LogP contribution is 2.59. The molecule has 6 nitrogen and oxygen atoms in total. The maximum absolute atomic E-state index is 13.3. The van der Waals surface area contributed by atoms with E-state index in [1.807, 2.05) is 0 Å². The van der Waals surface area contributed by atoms with Gasteiger partial charge < -0.3 is 9.05 Å². The Bertz CT molecular complexity index is 860. The standard InChI is InChI=1S/C18H24NO5PS/c1-4-23-25(20,24-5-2)18(16-11-7-6-8-12-16)19-26(21,22)17-13-9-10-15(3)14-17/h6-14,18-19H,4-5H2,1-3H3. The third kappa shape index (κ3) is 5.02. The fourth-order valence-electron chi connectivity index (χ4n) is 2.49. The second-order valence-corrected chi connectivity index (χ2v) is 9.45. The van der Waals surface area contributed by atoms with Gasteiger partial charge in [-0.05, 0) is 44.0 Å². The lowest BCUT2D eigenvalue weighted by Crippen LogP contribution is -2.30.